The molecule has 6 nitrogen and oxygen atoms in total. The zero-order valence-corrected chi connectivity index (χ0v) is 14.0. The number of benzene rings is 1. The van der Waals surface area contributed by atoms with Crippen molar-refractivity contribution in [1.82, 2.24) is 14.3 Å². The SMILES string of the molecule is O=S(=O)(c1ccc(Br)cc1)N1CC[C@H](Oc2ccncn2)C1. The minimum Gasteiger partial charge on any atom is -0.473 e. The summed E-state index contributed by atoms with van der Waals surface area (Å²) in [5.41, 5.74) is 0. The molecule has 116 valence electrons. The predicted octanol–water partition coefficient (Wildman–Crippen LogP) is 2.08. The van der Waals surface area contributed by atoms with Crippen LogP contribution in [-0.4, -0.2) is 41.9 Å². The molecular weight excluding hydrogens is 370 g/mol. The van der Waals surface area contributed by atoms with E-state index in [4.69, 9.17) is 4.74 Å². The number of nitrogens with zero attached hydrogens (tertiary/aromatic N) is 3. The van der Waals surface area contributed by atoms with E-state index in [2.05, 4.69) is 25.9 Å². The average Bonchev–Trinajstić information content (AvgIpc) is 2.98. The lowest BCUT2D eigenvalue weighted by Gasteiger charge is -2.17. The molecule has 0 saturated carbocycles. The molecule has 0 unspecified atom stereocenters. The van der Waals surface area contributed by atoms with Gasteiger partial charge in [0.1, 0.15) is 12.4 Å². The summed E-state index contributed by atoms with van der Waals surface area (Å²) in [6, 6.07) is 8.29. The van der Waals surface area contributed by atoms with Crippen LogP contribution in [0.4, 0.5) is 0 Å². The van der Waals surface area contributed by atoms with Crippen molar-refractivity contribution >= 4 is 26.0 Å². The highest BCUT2D eigenvalue weighted by molar-refractivity contribution is 9.10. The molecule has 1 saturated heterocycles. The fourth-order valence-electron chi connectivity index (χ4n) is 2.29. The van der Waals surface area contributed by atoms with Crippen LogP contribution in [0, 0.1) is 0 Å². The fourth-order valence-corrected chi connectivity index (χ4v) is 4.04. The second-order valence-corrected chi connectivity index (χ2v) is 7.75. The van der Waals surface area contributed by atoms with Crippen molar-refractivity contribution in [2.45, 2.75) is 17.4 Å². The zero-order chi connectivity index (χ0) is 15.6. The smallest absolute Gasteiger partial charge is 0.243 e. The van der Waals surface area contributed by atoms with Crippen molar-refractivity contribution in [2.24, 2.45) is 0 Å². The van der Waals surface area contributed by atoms with Crippen LogP contribution in [-0.2, 0) is 10.0 Å². The average molecular weight is 384 g/mol. The van der Waals surface area contributed by atoms with Gasteiger partial charge in [0.25, 0.3) is 0 Å². The first-order valence-electron chi connectivity index (χ1n) is 6.74. The van der Waals surface area contributed by atoms with Gasteiger partial charge in [-0.25, -0.2) is 18.4 Å². The van der Waals surface area contributed by atoms with Gasteiger partial charge < -0.3 is 4.74 Å². The molecule has 0 N–H and O–H groups in total. The molecule has 1 aromatic carbocycles. The molecule has 1 fully saturated rings. The number of aromatic nitrogens is 2. The lowest BCUT2D eigenvalue weighted by atomic mass is 10.3. The Labute approximate surface area is 137 Å². The second-order valence-electron chi connectivity index (χ2n) is 4.89. The third-order valence-electron chi connectivity index (χ3n) is 3.40. The lowest BCUT2D eigenvalue weighted by Crippen LogP contribution is -2.31. The minimum absolute atomic E-state index is 0.194. The Morgan fingerprint density at radius 3 is 2.68 bits per heavy atom. The van der Waals surface area contributed by atoms with Gasteiger partial charge in [-0.1, -0.05) is 15.9 Å². The molecular formula is C14H14BrN3O3S. The molecule has 0 bridgehead atoms. The highest BCUT2D eigenvalue weighted by Crippen LogP contribution is 2.24. The quantitative estimate of drug-likeness (QED) is 0.807. The third-order valence-corrected chi connectivity index (χ3v) is 5.81. The van der Waals surface area contributed by atoms with E-state index in [0.29, 0.717) is 30.3 Å². The molecule has 2 heterocycles. The van der Waals surface area contributed by atoms with E-state index in [1.165, 1.54) is 10.6 Å². The standard InChI is InChI=1S/C14H14BrN3O3S/c15-11-1-3-13(4-2-11)22(19,20)18-8-6-12(9-18)21-14-5-7-16-10-17-14/h1-5,7,10,12H,6,8-9H2/t12-/m0/s1. The molecule has 22 heavy (non-hydrogen) atoms. The van der Waals surface area contributed by atoms with Crippen LogP contribution < -0.4 is 4.74 Å². The number of rotatable bonds is 4. The van der Waals surface area contributed by atoms with E-state index in [1.807, 2.05) is 0 Å². The lowest BCUT2D eigenvalue weighted by molar-refractivity contribution is 0.206. The summed E-state index contributed by atoms with van der Waals surface area (Å²) in [6.45, 7) is 0.760. The molecule has 1 aliphatic rings. The molecule has 0 radical (unpaired) electrons. The summed E-state index contributed by atoms with van der Waals surface area (Å²) >= 11 is 3.30. The Morgan fingerprint density at radius 2 is 2.00 bits per heavy atom. The maximum absolute atomic E-state index is 12.6. The summed E-state index contributed by atoms with van der Waals surface area (Å²) < 4.78 is 33.1. The Balaban J connectivity index is 1.70. The van der Waals surface area contributed by atoms with Gasteiger partial charge in [-0.2, -0.15) is 4.31 Å². The molecule has 0 spiro atoms. The molecule has 1 aromatic heterocycles. The van der Waals surface area contributed by atoms with Gasteiger partial charge >= 0.3 is 0 Å². The second kappa shape index (κ2) is 6.31. The van der Waals surface area contributed by atoms with Crippen LogP contribution in [0.25, 0.3) is 0 Å². The molecule has 3 rings (SSSR count). The van der Waals surface area contributed by atoms with Crippen molar-refractivity contribution in [1.29, 1.82) is 0 Å². The largest absolute Gasteiger partial charge is 0.473 e. The van der Waals surface area contributed by atoms with E-state index in [9.17, 15) is 8.42 Å². The number of halogens is 1. The summed E-state index contributed by atoms with van der Waals surface area (Å²) in [7, 11) is -3.48. The Bertz CT molecular complexity index is 738. The first-order chi connectivity index (χ1) is 10.6. The highest BCUT2D eigenvalue weighted by atomic mass is 79.9. The van der Waals surface area contributed by atoms with Crippen molar-refractivity contribution < 1.29 is 13.2 Å². The van der Waals surface area contributed by atoms with Crippen LogP contribution >= 0.6 is 15.9 Å². The van der Waals surface area contributed by atoms with Crippen LogP contribution in [0.3, 0.4) is 0 Å². The van der Waals surface area contributed by atoms with Crippen LogP contribution in [0.2, 0.25) is 0 Å². The number of hydrogen-bond acceptors (Lipinski definition) is 5. The van der Waals surface area contributed by atoms with Gasteiger partial charge in [-0.3, -0.25) is 0 Å². The topological polar surface area (TPSA) is 72.4 Å². The van der Waals surface area contributed by atoms with Crippen molar-refractivity contribution in [2.75, 3.05) is 13.1 Å². The van der Waals surface area contributed by atoms with Crippen molar-refractivity contribution in [3.8, 4) is 5.88 Å². The van der Waals surface area contributed by atoms with E-state index >= 15 is 0 Å². The maximum Gasteiger partial charge on any atom is 0.243 e. The molecule has 1 atom stereocenters. The van der Waals surface area contributed by atoms with E-state index in [-0.39, 0.29) is 6.10 Å². The summed E-state index contributed by atoms with van der Waals surface area (Å²) in [5.74, 6) is 0.461. The maximum atomic E-state index is 12.6. The Morgan fingerprint density at radius 1 is 1.23 bits per heavy atom. The fraction of sp³-hybridized carbons (Fsp3) is 0.286. The number of ether oxygens (including phenoxy) is 1. The predicted molar refractivity (Wildman–Crippen MR) is 84.0 cm³/mol. The summed E-state index contributed by atoms with van der Waals surface area (Å²) in [5, 5.41) is 0. The summed E-state index contributed by atoms with van der Waals surface area (Å²) in [4.78, 5) is 8.10. The van der Waals surface area contributed by atoms with Gasteiger partial charge in [0, 0.05) is 23.3 Å². The highest BCUT2D eigenvalue weighted by Gasteiger charge is 2.33. The first-order valence-corrected chi connectivity index (χ1v) is 8.97. The van der Waals surface area contributed by atoms with Gasteiger partial charge in [0.2, 0.25) is 15.9 Å². The molecule has 8 heteroatoms. The molecule has 0 aliphatic carbocycles. The van der Waals surface area contributed by atoms with Crippen molar-refractivity contribution in [3.05, 3.63) is 47.3 Å². The van der Waals surface area contributed by atoms with Gasteiger partial charge in [0.15, 0.2) is 0 Å². The van der Waals surface area contributed by atoms with Gasteiger partial charge in [-0.05, 0) is 30.7 Å². The van der Waals surface area contributed by atoms with Gasteiger partial charge in [-0.15, -0.1) is 0 Å². The Hall–Kier alpha value is -1.51. The Kier molecular flexibility index (Phi) is 4.42. The molecule has 1 aliphatic heterocycles. The molecule has 0 amide bonds. The van der Waals surface area contributed by atoms with E-state index in [0.717, 1.165) is 4.47 Å². The third kappa shape index (κ3) is 3.29. The van der Waals surface area contributed by atoms with Crippen LogP contribution in [0.15, 0.2) is 52.2 Å². The normalized spacial score (nSPS) is 19.2. The first kappa shape index (κ1) is 15.4. The van der Waals surface area contributed by atoms with E-state index in [1.54, 1.807) is 36.5 Å². The van der Waals surface area contributed by atoms with E-state index < -0.39 is 10.0 Å². The zero-order valence-electron chi connectivity index (χ0n) is 11.6. The van der Waals surface area contributed by atoms with Crippen LogP contribution in [0.5, 0.6) is 5.88 Å². The summed E-state index contributed by atoms with van der Waals surface area (Å²) in [6.07, 6.45) is 3.44. The monoisotopic (exact) mass is 383 g/mol. The number of sulfonamides is 1. The van der Waals surface area contributed by atoms with Crippen LogP contribution in [0.1, 0.15) is 6.42 Å². The number of hydrogen-bond donors (Lipinski definition) is 0. The molecule has 2 aromatic rings. The van der Waals surface area contributed by atoms with Crippen molar-refractivity contribution in [3.63, 3.8) is 0 Å². The minimum atomic E-state index is -3.48. The van der Waals surface area contributed by atoms with Gasteiger partial charge in [0.05, 0.1) is 11.4 Å².